The standard InChI is InChI=1S/C28H33F3N6OS/c1-5-20-21(14-32)25(37-12-10-19(11-13-37)35-16-27(2,3)4)36-26(22(20)15-33)39-23(24(34)38)17-6-8-18(9-7-17)28(29,30)31/h6-9,19,23,35H,5,10-13,16H2,1-4H3,(H2,34,38). The number of aromatic nitrogens is 1. The number of alkyl halides is 3. The van der Waals surface area contributed by atoms with Gasteiger partial charge in [0.05, 0.1) is 16.7 Å². The van der Waals surface area contributed by atoms with E-state index in [1.807, 2.05) is 11.8 Å². The summed E-state index contributed by atoms with van der Waals surface area (Å²) < 4.78 is 39.1. The average molecular weight is 559 g/mol. The number of carbonyl (C=O) groups is 1. The quantitative estimate of drug-likeness (QED) is 0.421. The second kappa shape index (κ2) is 12.3. The second-order valence-corrected chi connectivity index (χ2v) is 11.9. The van der Waals surface area contributed by atoms with Crippen molar-refractivity contribution >= 4 is 23.5 Å². The van der Waals surface area contributed by atoms with E-state index in [-0.39, 0.29) is 21.6 Å². The number of nitrogens with two attached hydrogens (primary N) is 1. The van der Waals surface area contributed by atoms with Crippen LogP contribution < -0.4 is 16.0 Å². The normalized spacial score (nSPS) is 15.5. The lowest BCUT2D eigenvalue weighted by atomic mass is 9.95. The number of benzene rings is 1. The third-order valence-electron chi connectivity index (χ3n) is 6.57. The monoisotopic (exact) mass is 558 g/mol. The SMILES string of the molecule is CCc1c(C#N)c(SC(C(N)=O)c2ccc(C(F)(F)F)cc2)nc(N2CCC(NCC(C)(C)C)CC2)c1C#N. The maximum atomic E-state index is 13.0. The molecule has 1 aromatic carbocycles. The van der Waals surface area contributed by atoms with E-state index < -0.39 is 22.9 Å². The number of nitriles is 2. The van der Waals surface area contributed by atoms with Crippen molar-refractivity contribution in [1.29, 1.82) is 10.5 Å². The molecule has 0 spiro atoms. The molecule has 1 aromatic heterocycles. The van der Waals surface area contributed by atoms with Crippen LogP contribution in [-0.4, -0.2) is 36.6 Å². The molecule has 0 aliphatic carbocycles. The summed E-state index contributed by atoms with van der Waals surface area (Å²) in [6.07, 6.45) is -2.43. The fourth-order valence-corrected chi connectivity index (χ4v) is 5.55. The van der Waals surface area contributed by atoms with Crippen molar-refractivity contribution in [3.8, 4) is 12.1 Å². The first-order chi connectivity index (χ1) is 18.3. The van der Waals surface area contributed by atoms with E-state index in [4.69, 9.17) is 10.7 Å². The van der Waals surface area contributed by atoms with Crippen LogP contribution >= 0.6 is 11.8 Å². The number of carbonyl (C=O) groups excluding carboxylic acids is 1. The Balaban J connectivity index is 1.96. The molecule has 0 saturated carbocycles. The third kappa shape index (κ3) is 7.43. The van der Waals surface area contributed by atoms with Crippen molar-refractivity contribution in [1.82, 2.24) is 10.3 Å². The number of hydrogen-bond donors (Lipinski definition) is 2. The number of halogens is 3. The summed E-state index contributed by atoms with van der Waals surface area (Å²) in [6.45, 7) is 10.5. The van der Waals surface area contributed by atoms with Gasteiger partial charge in [0.25, 0.3) is 0 Å². The van der Waals surface area contributed by atoms with Crippen molar-refractivity contribution in [2.75, 3.05) is 24.5 Å². The average Bonchev–Trinajstić information content (AvgIpc) is 2.88. The van der Waals surface area contributed by atoms with E-state index >= 15 is 0 Å². The molecule has 0 radical (unpaired) electrons. The van der Waals surface area contributed by atoms with Crippen LogP contribution in [0.5, 0.6) is 0 Å². The molecule has 11 heteroatoms. The molecule has 3 rings (SSSR count). The van der Waals surface area contributed by atoms with Gasteiger partial charge in [0.2, 0.25) is 5.91 Å². The first kappa shape index (κ1) is 30.3. The first-order valence-electron chi connectivity index (χ1n) is 12.8. The van der Waals surface area contributed by atoms with Crippen molar-refractivity contribution in [3.05, 3.63) is 52.1 Å². The van der Waals surface area contributed by atoms with Gasteiger partial charge in [-0.2, -0.15) is 23.7 Å². The van der Waals surface area contributed by atoms with Gasteiger partial charge in [-0.05, 0) is 47.9 Å². The van der Waals surface area contributed by atoms with Crippen LogP contribution in [0.3, 0.4) is 0 Å². The summed E-state index contributed by atoms with van der Waals surface area (Å²) in [5.74, 6) is -0.332. The molecule has 1 aliphatic rings. The maximum Gasteiger partial charge on any atom is 0.416 e. The van der Waals surface area contributed by atoms with E-state index in [0.717, 1.165) is 43.3 Å². The highest BCUT2D eigenvalue weighted by molar-refractivity contribution is 8.00. The Kier molecular flexibility index (Phi) is 9.52. The molecule has 1 aliphatic heterocycles. The second-order valence-electron chi connectivity index (χ2n) is 10.8. The molecule has 2 heterocycles. The van der Waals surface area contributed by atoms with Gasteiger partial charge in [-0.1, -0.05) is 51.6 Å². The van der Waals surface area contributed by atoms with Crippen molar-refractivity contribution in [2.24, 2.45) is 11.1 Å². The highest BCUT2D eigenvalue weighted by Crippen LogP contribution is 2.40. The molecule has 7 nitrogen and oxygen atoms in total. The Hall–Kier alpha value is -3.28. The van der Waals surface area contributed by atoms with Crippen LogP contribution in [0.2, 0.25) is 0 Å². The molecule has 1 atom stereocenters. The largest absolute Gasteiger partial charge is 0.416 e. The Bertz CT molecular complexity index is 1270. The van der Waals surface area contributed by atoms with Gasteiger partial charge in [0, 0.05) is 25.7 Å². The molecule has 39 heavy (non-hydrogen) atoms. The minimum atomic E-state index is -4.52. The molecular formula is C28H33F3N6OS. The van der Waals surface area contributed by atoms with Crippen molar-refractivity contribution in [2.45, 2.75) is 69.5 Å². The predicted molar refractivity (Wildman–Crippen MR) is 145 cm³/mol. The van der Waals surface area contributed by atoms with Crippen LogP contribution in [0.15, 0.2) is 29.3 Å². The Morgan fingerprint density at radius 3 is 2.21 bits per heavy atom. The van der Waals surface area contributed by atoms with Crippen LogP contribution in [0.25, 0.3) is 0 Å². The van der Waals surface area contributed by atoms with E-state index in [0.29, 0.717) is 42.5 Å². The van der Waals surface area contributed by atoms with E-state index in [1.165, 1.54) is 12.1 Å². The van der Waals surface area contributed by atoms with Crippen molar-refractivity contribution in [3.63, 3.8) is 0 Å². The molecule has 3 N–H and O–H groups in total. The van der Waals surface area contributed by atoms with Crippen LogP contribution in [0.4, 0.5) is 19.0 Å². The Morgan fingerprint density at radius 2 is 1.74 bits per heavy atom. The van der Waals surface area contributed by atoms with Crippen molar-refractivity contribution < 1.29 is 18.0 Å². The number of rotatable bonds is 8. The lowest BCUT2D eigenvalue weighted by Crippen LogP contribution is -2.45. The molecule has 2 aromatic rings. The minimum Gasteiger partial charge on any atom is -0.368 e. The molecule has 1 saturated heterocycles. The molecule has 1 unspecified atom stereocenters. The van der Waals surface area contributed by atoms with Crippen LogP contribution in [0, 0.1) is 28.1 Å². The number of nitrogens with zero attached hydrogens (tertiary/aromatic N) is 4. The zero-order valence-corrected chi connectivity index (χ0v) is 23.3. The molecule has 1 amide bonds. The summed E-state index contributed by atoms with van der Waals surface area (Å²) in [7, 11) is 0. The number of amides is 1. The summed E-state index contributed by atoms with van der Waals surface area (Å²) in [5.41, 5.74) is 6.25. The number of hydrogen-bond acceptors (Lipinski definition) is 7. The number of primary amides is 1. The lowest BCUT2D eigenvalue weighted by Gasteiger charge is -2.35. The van der Waals surface area contributed by atoms with Gasteiger partial charge < -0.3 is 16.0 Å². The number of nitrogens with one attached hydrogen (secondary N) is 1. The smallest absolute Gasteiger partial charge is 0.368 e. The summed E-state index contributed by atoms with van der Waals surface area (Å²) in [4.78, 5) is 19.1. The van der Waals surface area contributed by atoms with Gasteiger partial charge >= 0.3 is 6.18 Å². The maximum absolute atomic E-state index is 13.0. The number of piperidine rings is 1. The zero-order chi connectivity index (χ0) is 29.0. The zero-order valence-electron chi connectivity index (χ0n) is 22.5. The predicted octanol–water partition coefficient (Wildman–Crippen LogP) is 5.33. The highest BCUT2D eigenvalue weighted by atomic mass is 32.2. The Labute approximate surface area is 231 Å². The lowest BCUT2D eigenvalue weighted by molar-refractivity contribution is -0.137. The molecule has 208 valence electrons. The Morgan fingerprint density at radius 1 is 1.15 bits per heavy atom. The van der Waals surface area contributed by atoms with Crippen LogP contribution in [-0.2, 0) is 17.4 Å². The fraction of sp³-hybridized carbons (Fsp3) is 0.500. The highest BCUT2D eigenvalue weighted by Gasteiger charge is 2.32. The molecule has 0 bridgehead atoms. The summed E-state index contributed by atoms with van der Waals surface area (Å²) >= 11 is 0.915. The summed E-state index contributed by atoms with van der Waals surface area (Å²) in [6, 6.07) is 8.87. The van der Waals surface area contributed by atoms with Gasteiger partial charge in [0.1, 0.15) is 28.2 Å². The third-order valence-corrected chi connectivity index (χ3v) is 7.83. The van der Waals surface area contributed by atoms with E-state index in [2.05, 4.69) is 38.2 Å². The number of anilines is 1. The van der Waals surface area contributed by atoms with E-state index in [9.17, 15) is 28.5 Å². The minimum absolute atomic E-state index is 0.159. The van der Waals surface area contributed by atoms with Gasteiger partial charge in [-0.15, -0.1) is 0 Å². The number of thioether (sulfide) groups is 1. The van der Waals surface area contributed by atoms with Crippen LogP contribution in [0.1, 0.15) is 73.6 Å². The first-order valence-corrected chi connectivity index (χ1v) is 13.7. The summed E-state index contributed by atoms with van der Waals surface area (Å²) in [5, 5.41) is 22.8. The topological polar surface area (TPSA) is 119 Å². The van der Waals surface area contributed by atoms with Gasteiger partial charge in [-0.3, -0.25) is 4.79 Å². The molecular weight excluding hydrogens is 525 g/mol. The van der Waals surface area contributed by atoms with Gasteiger partial charge in [0.15, 0.2) is 0 Å². The number of pyridine rings is 1. The molecule has 1 fully saturated rings. The fourth-order valence-electron chi connectivity index (χ4n) is 4.49. The van der Waals surface area contributed by atoms with E-state index in [1.54, 1.807) is 0 Å². The van der Waals surface area contributed by atoms with Gasteiger partial charge in [-0.25, -0.2) is 4.98 Å².